The lowest BCUT2D eigenvalue weighted by Crippen LogP contribution is -2.21. The Morgan fingerprint density at radius 3 is 3.00 bits per heavy atom. The van der Waals surface area contributed by atoms with Crippen molar-refractivity contribution in [2.75, 3.05) is 6.26 Å². The van der Waals surface area contributed by atoms with Crippen LogP contribution in [0.3, 0.4) is 0 Å². The average Bonchev–Trinajstić information content (AvgIpc) is 2.84. The van der Waals surface area contributed by atoms with Crippen LogP contribution in [0, 0.1) is 6.92 Å². The minimum absolute atomic E-state index is 0.494. The number of halogens is 1. The Morgan fingerprint density at radius 2 is 2.25 bits per heavy atom. The van der Waals surface area contributed by atoms with Crippen LogP contribution in [0.4, 0.5) is 0 Å². The molecule has 1 aliphatic rings. The third-order valence-corrected chi connectivity index (χ3v) is 5.67. The maximum atomic E-state index is 6.14. The van der Waals surface area contributed by atoms with Crippen LogP contribution in [0.1, 0.15) is 43.1 Å². The van der Waals surface area contributed by atoms with Gasteiger partial charge in [-0.25, -0.2) is 4.98 Å². The van der Waals surface area contributed by atoms with Crippen molar-refractivity contribution >= 4 is 34.4 Å². The summed E-state index contributed by atoms with van der Waals surface area (Å²) in [7, 11) is 0. The molecule has 1 fully saturated rings. The van der Waals surface area contributed by atoms with Gasteiger partial charge in [0.1, 0.15) is 5.82 Å². The van der Waals surface area contributed by atoms with Crippen LogP contribution < -0.4 is 0 Å². The molecule has 1 saturated carbocycles. The maximum absolute atomic E-state index is 6.14. The molecule has 2 atom stereocenters. The molecule has 0 aliphatic heterocycles. The van der Waals surface area contributed by atoms with Gasteiger partial charge in [0, 0.05) is 11.3 Å². The van der Waals surface area contributed by atoms with Crippen LogP contribution in [0.5, 0.6) is 0 Å². The smallest absolute Gasteiger partial charge is 0.125 e. The molecule has 0 saturated heterocycles. The van der Waals surface area contributed by atoms with Gasteiger partial charge in [-0.05, 0) is 50.1 Å². The summed E-state index contributed by atoms with van der Waals surface area (Å²) < 4.78 is 2.41. The van der Waals surface area contributed by atoms with E-state index in [2.05, 4.69) is 35.9 Å². The molecule has 0 spiro atoms. The number of aromatic nitrogens is 2. The molecule has 1 aromatic carbocycles. The van der Waals surface area contributed by atoms with Gasteiger partial charge in [0.05, 0.1) is 16.9 Å². The third kappa shape index (κ3) is 2.58. The summed E-state index contributed by atoms with van der Waals surface area (Å²) in [5, 5.41) is 0.778. The number of hydrogen-bond donors (Lipinski definition) is 0. The molecule has 1 aliphatic carbocycles. The Kier molecular flexibility index (Phi) is 4.27. The lowest BCUT2D eigenvalue weighted by molar-refractivity contribution is 0.362. The van der Waals surface area contributed by atoms with Crippen molar-refractivity contribution in [2.45, 2.75) is 49.8 Å². The molecule has 2 nitrogen and oxygen atoms in total. The minimum atomic E-state index is 0.494. The average molecular weight is 309 g/mol. The molecule has 0 N–H and O–H groups in total. The highest BCUT2D eigenvalue weighted by atomic mass is 35.5. The van der Waals surface area contributed by atoms with Crippen LogP contribution in [0.2, 0.25) is 0 Å². The molecule has 1 heterocycles. The molecule has 1 aromatic heterocycles. The van der Waals surface area contributed by atoms with E-state index >= 15 is 0 Å². The van der Waals surface area contributed by atoms with Crippen molar-refractivity contribution in [1.29, 1.82) is 0 Å². The van der Waals surface area contributed by atoms with E-state index in [1.807, 2.05) is 11.8 Å². The molecule has 108 valence electrons. The number of fused-ring (bicyclic) bond motifs is 1. The zero-order chi connectivity index (χ0) is 14.1. The van der Waals surface area contributed by atoms with Gasteiger partial charge >= 0.3 is 0 Å². The summed E-state index contributed by atoms with van der Waals surface area (Å²) >= 11 is 8.15. The Hall–Kier alpha value is -0.670. The summed E-state index contributed by atoms with van der Waals surface area (Å²) in [6, 6.07) is 7.10. The van der Waals surface area contributed by atoms with Crippen molar-refractivity contribution in [3.8, 4) is 0 Å². The topological polar surface area (TPSA) is 17.8 Å². The van der Waals surface area contributed by atoms with Crippen LogP contribution in [0.15, 0.2) is 18.2 Å². The van der Waals surface area contributed by atoms with Gasteiger partial charge in [0.15, 0.2) is 0 Å². The van der Waals surface area contributed by atoms with Crippen LogP contribution >= 0.6 is 23.4 Å². The number of aryl methyl sites for hydroxylation is 1. The molecule has 3 rings (SSSR count). The summed E-state index contributed by atoms with van der Waals surface area (Å²) in [4.78, 5) is 4.74. The zero-order valence-corrected chi connectivity index (χ0v) is 13.7. The number of thioether (sulfide) groups is 1. The lowest BCUT2D eigenvalue weighted by Gasteiger charge is -2.30. The number of benzene rings is 1. The number of hydrogen-bond acceptors (Lipinski definition) is 2. The summed E-state index contributed by atoms with van der Waals surface area (Å²) in [6.07, 6.45) is 7.37. The molecule has 20 heavy (non-hydrogen) atoms. The van der Waals surface area contributed by atoms with Crippen molar-refractivity contribution in [3.05, 3.63) is 29.6 Å². The first kappa shape index (κ1) is 14.3. The van der Waals surface area contributed by atoms with E-state index in [4.69, 9.17) is 16.6 Å². The molecular weight excluding hydrogens is 288 g/mol. The standard InChI is InChI=1S/C16H21ClN2S/c1-11-6-7-15-14(8-11)18-16(10-17)19(15)12-4-3-5-13(9-12)20-2/h6-8,12-13H,3-5,9-10H2,1-2H3. The first-order valence-electron chi connectivity index (χ1n) is 7.29. The maximum Gasteiger partial charge on any atom is 0.125 e. The molecule has 0 radical (unpaired) electrons. The second kappa shape index (κ2) is 5.98. The van der Waals surface area contributed by atoms with E-state index in [0.717, 1.165) is 16.6 Å². The second-order valence-corrected chi connectivity index (χ2v) is 7.11. The van der Waals surface area contributed by atoms with Gasteiger partial charge in [-0.15, -0.1) is 11.6 Å². The third-order valence-electron chi connectivity index (χ3n) is 4.33. The molecule has 0 amide bonds. The summed E-state index contributed by atoms with van der Waals surface area (Å²) in [5.74, 6) is 1.52. The Labute approximate surface area is 129 Å². The SMILES string of the molecule is CSC1CCCC(n2c(CCl)nc3cc(C)ccc32)C1. The predicted molar refractivity (Wildman–Crippen MR) is 88.8 cm³/mol. The number of alkyl halides is 1. The summed E-state index contributed by atoms with van der Waals surface area (Å²) in [6.45, 7) is 2.11. The predicted octanol–water partition coefficient (Wildman–Crippen LogP) is 4.93. The molecule has 4 heteroatoms. The fraction of sp³-hybridized carbons (Fsp3) is 0.562. The van der Waals surface area contributed by atoms with Gasteiger partial charge in [-0.3, -0.25) is 0 Å². The number of imidazole rings is 1. The highest BCUT2D eigenvalue weighted by Gasteiger charge is 2.25. The van der Waals surface area contributed by atoms with Crippen molar-refractivity contribution < 1.29 is 0 Å². The van der Waals surface area contributed by atoms with E-state index in [0.29, 0.717) is 11.9 Å². The Balaban J connectivity index is 2.04. The fourth-order valence-corrected chi connectivity index (χ4v) is 4.33. The molecule has 0 bridgehead atoms. The van der Waals surface area contributed by atoms with E-state index in [1.165, 1.54) is 36.8 Å². The van der Waals surface area contributed by atoms with Crippen molar-refractivity contribution in [2.24, 2.45) is 0 Å². The monoisotopic (exact) mass is 308 g/mol. The van der Waals surface area contributed by atoms with Crippen molar-refractivity contribution in [3.63, 3.8) is 0 Å². The van der Waals surface area contributed by atoms with Gasteiger partial charge in [0.25, 0.3) is 0 Å². The zero-order valence-electron chi connectivity index (χ0n) is 12.1. The normalized spacial score (nSPS) is 23.4. The molecule has 2 unspecified atom stereocenters. The first-order chi connectivity index (χ1) is 9.72. The van der Waals surface area contributed by atoms with Crippen LogP contribution in [-0.2, 0) is 5.88 Å². The Morgan fingerprint density at radius 1 is 1.40 bits per heavy atom. The lowest BCUT2D eigenvalue weighted by atomic mass is 9.94. The van der Waals surface area contributed by atoms with Gasteiger partial charge in [-0.1, -0.05) is 12.5 Å². The van der Waals surface area contributed by atoms with Crippen molar-refractivity contribution in [1.82, 2.24) is 9.55 Å². The fourth-order valence-electron chi connectivity index (χ4n) is 3.33. The highest BCUT2D eigenvalue weighted by molar-refractivity contribution is 7.99. The second-order valence-electron chi connectivity index (χ2n) is 5.70. The first-order valence-corrected chi connectivity index (χ1v) is 9.11. The molecule has 2 aromatic rings. The number of nitrogens with zero attached hydrogens (tertiary/aromatic N) is 2. The van der Waals surface area contributed by atoms with E-state index in [-0.39, 0.29) is 0 Å². The van der Waals surface area contributed by atoms with Gasteiger partial charge < -0.3 is 4.57 Å². The molecular formula is C16H21ClN2S. The van der Waals surface area contributed by atoms with Gasteiger partial charge in [0.2, 0.25) is 0 Å². The van der Waals surface area contributed by atoms with E-state index in [9.17, 15) is 0 Å². The van der Waals surface area contributed by atoms with Crippen LogP contribution in [-0.4, -0.2) is 21.1 Å². The highest BCUT2D eigenvalue weighted by Crippen LogP contribution is 2.37. The van der Waals surface area contributed by atoms with Gasteiger partial charge in [-0.2, -0.15) is 11.8 Å². The Bertz CT molecular complexity index is 608. The number of rotatable bonds is 3. The largest absolute Gasteiger partial charge is 0.324 e. The summed E-state index contributed by atoms with van der Waals surface area (Å²) in [5.41, 5.74) is 3.60. The van der Waals surface area contributed by atoms with Crippen LogP contribution in [0.25, 0.3) is 11.0 Å². The minimum Gasteiger partial charge on any atom is -0.324 e. The van der Waals surface area contributed by atoms with E-state index < -0.39 is 0 Å². The quantitative estimate of drug-likeness (QED) is 0.748. The van der Waals surface area contributed by atoms with E-state index in [1.54, 1.807) is 0 Å².